The van der Waals surface area contributed by atoms with Gasteiger partial charge < -0.3 is 19.7 Å². The van der Waals surface area contributed by atoms with Gasteiger partial charge in [0.25, 0.3) is 0 Å². The van der Waals surface area contributed by atoms with E-state index in [1.165, 1.54) is 22.5 Å². The Labute approximate surface area is 196 Å². The van der Waals surface area contributed by atoms with Crippen LogP contribution in [0.1, 0.15) is 46.7 Å². The van der Waals surface area contributed by atoms with E-state index in [0.29, 0.717) is 0 Å². The van der Waals surface area contributed by atoms with E-state index in [1.807, 2.05) is 36.8 Å². The van der Waals surface area contributed by atoms with Crippen molar-refractivity contribution in [2.45, 2.75) is 38.9 Å². The first kappa shape index (κ1) is 22.4. The summed E-state index contributed by atoms with van der Waals surface area (Å²) in [6, 6.07) is 12.7. The van der Waals surface area contributed by atoms with Crippen LogP contribution in [0.5, 0.6) is 0 Å². The highest BCUT2D eigenvalue weighted by Gasteiger charge is 2.41. The van der Waals surface area contributed by atoms with Gasteiger partial charge in [0.05, 0.1) is 17.8 Å². The van der Waals surface area contributed by atoms with Crippen molar-refractivity contribution in [3.63, 3.8) is 0 Å². The van der Waals surface area contributed by atoms with Crippen LogP contribution in [0.25, 0.3) is 0 Å². The Morgan fingerprint density at radius 3 is 2.66 bits per heavy atom. The summed E-state index contributed by atoms with van der Waals surface area (Å²) < 4.78 is 2.38. The van der Waals surface area contributed by atoms with E-state index in [9.17, 15) is 0 Å². The van der Waals surface area contributed by atoms with Crippen LogP contribution in [-0.2, 0) is 6.54 Å². The molecule has 0 saturated carbocycles. The third kappa shape index (κ3) is 4.69. The van der Waals surface area contributed by atoms with Gasteiger partial charge in [0, 0.05) is 43.1 Å². The van der Waals surface area contributed by atoms with Crippen LogP contribution in [0.2, 0.25) is 0 Å². The van der Waals surface area contributed by atoms with E-state index in [0.717, 1.165) is 36.9 Å². The molecule has 4 heterocycles. The van der Waals surface area contributed by atoms with Gasteiger partial charge in [0.1, 0.15) is 0 Å². The van der Waals surface area contributed by atoms with Gasteiger partial charge in [-0.3, -0.25) is 9.97 Å². The van der Waals surface area contributed by atoms with Gasteiger partial charge in [-0.2, -0.15) is 0 Å². The third-order valence-electron chi connectivity index (χ3n) is 6.20. The van der Waals surface area contributed by atoms with E-state index in [-0.39, 0.29) is 12.1 Å². The zero-order valence-electron chi connectivity index (χ0n) is 19.3. The average Bonchev–Trinajstić information content (AvgIpc) is 3.25. The predicted octanol–water partition coefficient (Wildman–Crippen LogP) is 3.87. The van der Waals surface area contributed by atoms with Gasteiger partial charge in [0.15, 0.2) is 5.11 Å². The molecule has 2 unspecified atom stereocenters. The molecule has 0 amide bonds. The highest BCUT2D eigenvalue weighted by Crippen LogP contribution is 2.40. The van der Waals surface area contributed by atoms with E-state index in [4.69, 9.17) is 12.2 Å². The number of nitrogens with zero attached hydrogens (tertiary/aromatic N) is 5. The van der Waals surface area contributed by atoms with Crippen molar-refractivity contribution in [3.8, 4) is 0 Å². The summed E-state index contributed by atoms with van der Waals surface area (Å²) in [5.41, 5.74) is 6.03. The van der Waals surface area contributed by atoms with Crippen molar-refractivity contribution >= 4 is 17.3 Å². The Balaban J connectivity index is 1.70. The number of thiocarbonyl (C=S) groups is 1. The standard InChI is InChI=1S/C25H32N6S/c1-18-15-21(19(2)31(18)17-20-9-7-11-26-16-20)24-23(22-10-5-6-12-27-22)28-25(32)30(24)14-8-13-29(3)4/h5-7,9-12,15-16,23-24H,8,13-14,17H2,1-4H3,(H,28,32). The first-order chi connectivity index (χ1) is 15.5. The lowest BCUT2D eigenvalue weighted by Gasteiger charge is -2.28. The molecule has 3 aromatic rings. The van der Waals surface area contributed by atoms with Crippen molar-refractivity contribution in [1.29, 1.82) is 0 Å². The topological polar surface area (TPSA) is 49.2 Å². The maximum Gasteiger partial charge on any atom is 0.170 e. The van der Waals surface area contributed by atoms with E-state index in [2.05, 4.69) is 75.8 Å². The molecule has 1 N–H and O–H groups in total. The number of pyridine rings is 2. The zero-order chi connectivity index (χ0) is 22.7. The first-order valence-corrected chi connectivity index (χ1v) is 11.5. The maximum atomic E-state index is 5.82. The Bertz CT molecular complexity index is 1050. The highest BCUT2D eigenvalue weighted by atomic mass is 32.1. The molecule has 32 heavy (non-hydrogen) atoms. The normalized spacial score (nSPS) is 18.4. The van der Waals surface area contributed by atoms with Crippen LogP contribution < -0.4 is 5.32 Å². The molecule has 7 heteroatoms. The fourth-order valence-electron chi connectivity index (χ4n) is 4.59. The van der Waals surface area contributed by atoms with Crippen molar-refractivity contribution in [2.24, 2.45) is 0 Å². The zero-order valence-corrected chi connectivity index (χ0v) is 20.1. The molecule has 168 valence electrons. The molecule has 1 fully saturated rings. The van der Waals surface area contributed by atoms with E-state index in [1.54, 1.807) is 0 Å². The maximum absolute atomic E-state index is 5.82. The molecule has 0 bridgehead atoms. The molecular weight excluding hydrogens is 416 g/mol. The molecule has 1 aliphatic heterocycles. The predicted molar refractivity (Wildman–Crippen MR) is 133 cm³/mol. The van der Waals surface area contributed by atoms with Gasteiger partial charge in [-0.1, -0.05) is 12.1 Å². The molecule has 1 saturated heterocycles. The molecule has 0 radical (unpaired) electrons. The number of nitrogens with one attached hydrogen (secondary N) is 1. The van der Waals surface area contributed by atoms with Crippen LogP contribution in [0.15, 0.2) is 55.0 Å². The molecular formula is C25H32N6S. The Kier molecular flexibility index (Phi) is 6.86. The summed E-state index contributed by atoms with van der Waals surface area (Å²) in [6.07, 6.45) is 6.67. The number of rotatable bonds is 8. The van der Waals surface area contributed by atoms with E-state index < -0.39 is 0 Å². The van der Waals surface area contributed by atoms with Crippen molar-refractivity contribution in [2.75, 3.05) is 27.2 Å². The Morgan fingerprint density at radius 2 is 1.97 bits per heavy atom. The largest absolute Gasteiger partial charge is 0.352 e. The highest BCUT2D eigenvalue weighted by molar-refractivity contribution is 7.80. The SMILES string of the molecule is Cc1cc(C2C(c3ccccn3)NC(=S)N2CCCN(C)C)c(C)n1Cc1cccnc1. The first-order valence-electron chi connectivity index (χ1n) is 11.1. The van der Waals surface area contributed by atoms with Crippen molar-refractivity contribution in [3.05, 3.63) is 83.2 Å². The Morgan fingerprint density at radius 1 is 1.12 bits per heavy atom. The van der Waals surface area contributed by atoms with Gasteiger partial charge >= 0.3 is 0 Å². The van der Waals surface area contributed by atoms with Crippen LogP contribution in [-0.4, -0.2) is 56.6 Å². The van der Waals surface area contributed by atoms with E-state index >= 15 is 0 Å². The van der Waals surface area contributed by atoms with Crippen molar-refractivity contribution in [1.82, 2.24) is 29.7 Å². The smallest absolute Gasteiger partial charge is 0.170 e. The minimum absolute atomic E-state index is 0.0235. The number of hydrogen-bond acceptors (Lipinski definition) is 4. The van der Waals surface area contributed by atoms with Crippen LogP contribution in [0.3, 0.4) is 0 Å². The summed E-state index contributed by atoms with van der Waals surface area (Å²) in [5, 5.41) is 4.38. The Hall–Kier alpha value is -2.77. The molecule has 4 rings (SSSR count). The van der Waals surface area contributed by atoms with Gasteiger partial charge in [-0.25, -0.2) is 0 Å². The molecule has 6 nitrogen and oxygen atoms in total. The average molecular weight is 449 g/mol. The van der Waals surface area contributed by atoms with Crippen LogP contribution in [0.4, 0.5) is 0 Å². The minimum Gasteiger partial charge on any atom is -0.352 e. The second-order valence-electron chi connectivity index (χ2n) is 8.75. The fourth-order valence-corrected chi connectivity index (χ4v) is 4.92. The lowest BCUT2D eigenvalue weighted by atomic mass is 9.96. The quantitative estimate of drug-likeness (QED) is 0.528. The second-order valence-corrected chi connectivity index (χ2v) is 9.14. The molecule has 2 atom stereocenters. The number of hydrogen-bond donors (Lipinski definition) is 1. The third-order valence-corrected chi connectivity index (χ3v) is 6.55. The summed E-state index contributed by atoms with van der Waals surface area (Å²) in [5.74, 6) is 0. The molecule has 0 aliphatic carbocycles. The van der Waals surface area contributed by atoms with Crippen molar-refractivity contribution < 1.29 is 0 Å². The molecule has 0 spiro atoms. The lowest BCUT2D eigenvalue weighted by Crippen LogP contribution is -2.32. The number of aryl methyl sites for hydroxylation is 1. The van der Waals surface area contributed by atoms with Gasteiger partial charge in [-0.15, -0.1) is 0 Å². The summed E-state index contributed by atoms with van der Waals surface area (Å²) in [6.45, 7) is 7.14. The number of aromatic nitrogens is 3. The minimum atomic E-state index is 0.0235. The molecule has 0 aromatic carbocycles. The van der Waals surface area contributed by atoms with Crippen LogP contribution >= 0.6 is 12.2 Å². The second kappa shape index (κ2) is 9.79. The fraction of sp³-hybridized carbons (Fsp3) is 0.400. The summed E-state index contributed by atoms with van der Waals surface area (Å²) in [4.78, 5) is 13.5. The van der Waals surface area contributed by atoms with Crippen LogP contribution in [0, 0.1) is 13.8 Å². The summed E-state index contributed by atoms with van der Waals surface area (Å²) in [7, 11) is 4.22. The van der Waals surface area contributed by atoms with Gasteiger partial charge in [-0.05, 0) is 88.5 Å². The molecule has 1 aliphatic rings. The lowest BCUT2D eigenvalue weighted by molar-refractivity contribution is 0.292. The molecule has 3 aromatic heterocycles. The van der Waals surface area contributed by atoms with Gasteiger partial charge in [0.2, 0.25) is 0 Å². The monoisotopic (exact) mass is 448 g/mol. The summed E-state index contributed by atoms with van der Waals surface area (Å²) >= 11 is 5.82.